The Labute approximate surface area is 176 Å². The molecule has 0 atom stereocenters. The number of hydrogen-bond donors (Lipinski definition) is 1. The van der Waals surface area contributed by atoms with Gasteiger partial charge in [0.2, 0.25) is 5.91 Å². The SMILES string of the molecule is CN1C(=O)N(CC(=O)Nc2nc3cc4c(cc3s2)OCCO4)C(=O)C12CCCCC2. The molecule has 0 radical (unpaired) electrons. The molecule has 2 aromatic rings. The van der Waals surface area contributed by atoms with E-state index in [-0.39, 0.29) is 12.5 Å². The van der Waals surface area contributed by atoms with Gasteiger partial charge in [-0.3, -0.25) is 14.5 Å². The van der Waals surface area contributed by atoms with Crippen LogP contribution in [0.4, 0.5) is 9.93 Å². The smallest absolute Gasteiger partial charge is 0.327 e. The Bertz CT molecular complexity index is 1000. The van der Waals surface area contributed by atoms with Crippen molar-refractivity contribution in [3.63, 3.8) is 0 Å². The van der Waals surface area contributed by atoms with Crippen molar-refractivity contribution in [1.29, 1.82) is 0 Å². The molecule has 1 spiro atoms. The van der Waals surface area contributed by atoms with Crippen LogP contribution < -0.4 is 14.8 Å². The molecule has 2 fully saturated rings. The van der Waals surface area contributed by atoms with Crippen LogP contribution in [0.5, 0.6) is 11.5 Å². The molecule has 3 heterocycles. The number of urea groups is 1. The van der Waals surface area contributed by atoms with E-state index in [1.165, 1.54) is 16.2 Å². The Hall–Kier alpha value is -2.88. The molecule has 1 aliphatic carbocycles. The van der Waals surface area contributed by atoms with Crippen molar-refractivity contribution in [2.75, 3.05) is 32.1 Å². The van der Waals surface area contributed by atoms with Crippen LogP contribution in [-0.4, -0.2) is 65.0 Å². The molecule has 0 bridgehead atoms. The van der Waals surface area contributed by atoms with Crippen molar-refractivity contribution in [1.82, 2.24) is 14.8 Å². The molecule has 158 valence electrons. The van der Waals surface area contributed by atoms with Gasteiger partial charge in [-0.2, -0.15) is 0 Å². The van der Waals surface area contributed by atoms with Crippen molar-refractivity contribution < 1.29 is 23.9 Å². The van der Waals surface area contributed by atoms with Gasteiger partial charge in [0.15, 0.2) is 16.6 Å². The highest BCUT2D eigenvalue weighted by Gasteiger charge is 2.55. The van der Waals surface area contributed by atoms with Crippen LogP contribution in [0.1, 0.15) is 32.1 Å². The summed E-state index contributed by atoms with van der Waals surface area (Å²) >= 11 is 1.30. The van der Waals surface area contributed by atoms with Gasteiger partial charge in [0.1, 0.15) is 25.3 Å². The van der Waals surface area contributed by atoms with Crippen molar-refractivity contribution in [2.45, 2.75) is 37.6 Å². The molecule has 5 rings (SSSR count). The van der Waals surface area contributed by atoms with E-state index in [1.54, 1.807) is 13.1 Å². The van der Waals surface area contributed by atoms with Crippen molar-refractivity contribution >= 4 is 44.5 Å². The normalized spacial score (nSPS) is 20.3. The molecule has 1 aromatic carbocycles. The van der Waals surface area contributed by atoms with Gasteiger partial charge in [0, 0.05) is 19.2 Å². The first-order valence-corrected chi connectivity index (χ1v) is 10.9. The lowest BCUT2D eigenvalue weighted by Crippen LogP contribution is -2.49. The van der Waals surface area contributed by atoms with Gasteiger partial charge in [-0.1, -0.05) is 30.6 Å². The first-order valence-electron chi connectivity index (χ1n) is 10.1. The Morgan fingerprint density at radius 2 is 1.87 bits per heavy atom. The maximum absolute atomic E-state index is 13.0. The summed E-state index contributed by atoms with van der Waals surface area (Å²) in [6.45, 7) is 0.664. The van der Waals surface area contributed by atoms with Gasteiger partial charge < -0.3 is 19.7 Å². The molecular weight excluding hydrogens is 408 g/mol. The van der Waals surface area contributed by atoms with E-state index in [1.807, 2.05) is 6.07 Å². The topological polar surface area (TPSA) is 101 Å². The van der Waals surface area contributed by atoms with Crippen LogP contribution >= 0.6 is 11.3 Å². The summed E-state index contributed by atoms with van der Waals surface area (Å²) in [6, 6.07) is 3.21. The fraction of sp³-hybridized carbons (Fsp3) is 0.500. The third-order valence-corrected chi connectivity index (χ3v) is 7.02. The highest BCUT2D eigenvalue weighted by Crippen LogP contribution is 2.40. The van der Waals surface area contributed by atoms with Gasteiger partial charge in [0.05, 0.1) is 10.2 Å². The molecule has 1 saturated carbocycles. The molecule has 2 aliphatic heterocycles. The van der Waals surface area contributed by atoms with Crippen LogP contribution in [0.15, 0.2) is 12.1 Å². The molecule has 1 aromatic heterocycles. The number of thiazole rings is 1. The van der Waals surface area contributed by atoms with E-state index in [0.29, 0.717) is 48.2 Å². The number of carbonyl (C=O) groups excluding carboxylic acids is 3. The second-order valence-electron chi connectivity index (χ2n) is 7.86. The number of hydrogen-bond acceptors (Lipinski definition) is 7. The molecule has 4 amide bonds. The molecule has 9 nitrogen and oxygen atoms in total. The molecule has 30 heavy (non-hydrogen) atoms. The number of fused-ring (bicyclic) bond motifs is 2. The summed E-state index contributed by atoms with van der Waals surface area (Å²) in [5.74, 6) is 0.570. The maximum Gasteiger partial charge on any atom is 0.327 e. The largest absolute Gasteiger partial charge is 0.486 e. The second kappa shape index (κ2) is 7.12. The summed E-state index contributed by atoms with van der Waals surface area (Å²) in [7, 11) is 1.66. The first-order chi connectivity index (χ1) is 14.5. The Kier molecular flexibility index (Phi) is 4.53. The number of ether oxygens (including phenoxy) is 2. The van der Waals surface area contributed by atoms with Crippen molar-refractivity contribution in [2.24, 2.45) is 0 Å². The fourth-order valence-electron chi connectivity index (χ4n) is 4.49. The Morgan fingerprint density at radius 3 is 2.60 bits per heavy atom. The summed E-state index contributed by atoms with van der Waals surface area (Å²) < 4.78 is 12.0. The van der Waals surface area contributed by atoms with E-state index in [0.717, 1.165) is 28.9 Å². The zero-order valence-corrected chi connectivity index (χ0v) is 17.4. The predicted molar refractivity (Wildman–Crippen MR) is 110 cm³/mol. The number of nitrogens with zero attached hydrogens (tertiary/aromatic N) is 3. The van der Waals surface area contributed by atoms with Crippen LogP contribution in [0, 0.1) is 0 Å². The van der Waals surface area contributed by atoms with Gasteiger partial charge >= 0.3 is 6.03 Å². The highest BCUT2D eigenvalue weighted by atomic mass is 32.1. The average Bonchev–Trinajstić information content (AvgIpc) is 3.21. The molecule has 10 heteroatoms. The molecule has 3 aliphatic rings. The lowest BCUT2D eigenvalue weighted by atomic mass is 9.81. The van der Waals surface area contributed by atoms with E-state index in [4.69, 9.17) is 9.47 Å². The molecule has 1 saturated heterocycles. The lowest BCUT2D eigenvalue weighted by molar-refractivity contribution is -0.136. The van der Waals surface area contributed by atoms with Crippen LogP contribution in [0.3, 0.4) is 0 Å². The molecular formula is C20H22N4O5S. The zero-order chi connectivity index (χ0) is 20.9. The fourth-order valence-corrected chi connectivity index (χ4v) is 5.38. The van der Waals surface area contributed by atoms with Gasteiger partial charge in [-0.15, -0.1) is 0 Å². The van der Waals surface area contributed by atoms with E-state index in [2.05, 4.69) is 10.3 Å². The third-order valence-electron chi connectivity index (χ3n) is 6.08. The number of carbonyl (C=O) groups is 3. The monoisotopic (exact) mass is 430 g/mol. The number of amides is 4. The Balaban J connectivity index is 1.31. The van der Waals surface area contributed by atoms with Gasteiger partial charge in [-0.05, 0) is 12.8 Å². The number of anilines is 1. The van der Waals surface area contributed by atoms with Crippen LogP contribution in [-0.2, 0) is 9.59 Å². The number of benzene rings is 1. The average molecular weight is 430 g/mol. The van der Waals surface area contributed by atoms with E-state index in [9.17, 15) is 14.4 Å². The number of likely N-dealkylation sites (N-methyl/N-ethyl adjacent to an activating group) is 1. The summed E-state index contributed by atoms with van der Waals surface area (Å²) in [6.07, 6.45) is 4.19. The van der Waals surface area contributed by atoms with Gasteiger partial charge in [0.25, 0.3) is 5.91 Å². The van der Waals surface area contributed by atoms with Crippen molar-refractivity contribution in [3.8, 4) is 11.5 Å². The number of rotatable bonds is 3. The van der Waals surface area contributed by atoms with E-state index < -0.39 is 17.5 Å². The number of imide groups is 1. The van der Waals surface area contributed by atoms with Crippen molar-refractivity contribution in [3.05, 3.63) is 12.1 Å². The maximum atomic E-state index is 13.0. The van der Waals surface area contributed by atoms with Crippen LogP contribution in [0.25, 0.3) is 10.2 Å². The predicted octanol–water partition coefficient (Wildman–Crippen LogP) is 2.60. The summed E-state index contributed by atoms with van der Waals surface area (Å²) in [5.41, 5.74) is -0.0985. The minimum Gasteiger partial charge on any atom is -0.486 e. The number of aromatic nitrogens is 1. The minimum atomic E-state index is -0.787. The quantitative estimate of drug-likeness (QED) is 0.751. The Morgan fingerprint density at radius 1 is 1.17 bits per heavy atom. The van der Waals surface area contributed by atoms with Crippen LogP contribution in [0.2, 0.25) is 0 Å². The number of nitrogens with one attached hydrogen (secondary N) is 1. The second-order valence-corrected chi connectivity index (χ2v) is 8.89. The minimum absolute atomic E-state index is 0.267. The van der Waals surface area contributed by atoms with E-state index >= 15 is 0 Å². The standard InChI is InChI=1S/C20H22N4O5S/c1-23-19(27)24(17(26)20(23)5-3-2-4-6-20)11-16(25)22-18-21-12-9-13-14(10-15(12)30-18)29-8-7-28-13/h9-10H,2-8,11H2,1H3,(H,21,22,25). The third kappa shape index (κ3) is 2.97. The molecule has 0 unspecified atom stereocenters. The zero-order valence-electron chi connectivity index (χ0n) is 16.6. The molecule has 1 N–H and O–H groups in total. The summed E-state index contributed by atoms with van der Waals surface area (Å²) in [4.78, 5) is 45.3. The summed E-state index contributed by atoms with van der Waals surface area (Å²) in [5, 5.41) is 3.12. The lowest BCUT2D eigenvalue weighted by Gasteiger charge is -2.35. The van der Waals surface area contributed by atoms with Gasteiger partial charge in [-0.25, -0.2) is 9.78 Å². The highest BCUT2D eigenvalue weighted by molar-refractivity contribution is 7.22. The first kappa shape index (κ1) is 19.1.